The van der Waals surface area contributed by atoms with E-state index in [4.69, 9.17) is 9.94 Å². The fourth-order valence-corrected chi connectivity index (χ4v) is 2.22. The smallest absolute Gasteiger partial charge is 0.437 e. The van der Waals surface area contributed by atoms with Gasteiger partial charge in [-0.15, -0.1) is 11.3 Å². The Morgan fingerprint density at radius 1 is 1.24 bits per heavy atom. The van der Waals surface area contributed by atoms with Gasteiger partial charge in [-0.25, -0.2) is 9.59 Å². The molecule has 21 heavy (non-hydrogen) atoms. The number of carboxylic acids is 1. The molecule has 0 radical (unpaired) electrons. The van der Waals surface area contributed by atoms with Gasteiger partial charge in [-0.2, -0.15) is 0 Å². The monoisotopic (exact) mass is 304 g/mol. The number of carboxylic acid groups (broad SMARTS) is 1. The zero-order valence-corrected chi connectivity index (χ0v) is 11.9. The van der Waals surface area contributed by atoms with E-state index < -0.39 is 12.1 Å². The summed E-state index contributed by atoms with van der Waals surface area (Å²) in [6.45, 7) is 1.71. The summed E-state index contributed by atoms with van der Waals surface area (Å²) < 4.78 is 0. The molecule has 0 bridgehead atoms. The second kappa shape index (κ2) is 6.67. The number of para-hydroxylation sites is 1. The van der Waals surface area contributed by atoms with Crippen LogP contribution in [0, 0.1) is 0 Å². The lowest BCUT2D eigenvalue weighted by atomic mass is 10.2. The molecule has 1 amide bonds. The van der Waals surface area contributed by atoms with Crippen LogP contribution in [0.25, 0.3) is 0 Å². The molecule has 108 valence electrons. The van der Waals surface area contributed by atoms with E-state index in [0.717, 1.165) is 4.88 Å². The van der Waals surface area contributed by atoms with Crippen molar-refractivity contribution < 1.29 is 19.5 Å². The van der Waals surface area contributed by atoms with Crippen molar-refractivity contribution in [1.82, 2.24) is 0 Å². The highest BCUT2D eigenvalue weighted by Crippen LogP contribution is 2.15. The maximum atomic E-state index is 11.6. The first-order valence-corrected chi connectivity index (χ1v) is 6.84. The normalized spacial score (nSPS) is 11.0. The minimum atomic E-state index is -1.14. The van der Waals surface area contributed by atoms with Crippen molar-refractivity contribution in [2.75, 3.05) is 5.32 Å². The molecule has 0 aliphatic heterocycles. The van der Waals surface area contributed by atoms with Crippen LogP contribution in [-0.2, 0) is 4.84 Å². The van der Waals surface area contributed by atoms with Gasteiger partial charge in [0, 0.05) is 0 Å². The van der Waals surface area contributed by atoms with E-state index in [1.165, 1.54) is 23.5 Å². The van der Waals surface area contributed by atoms with E-state index in [9.17, 15) is 9.59 Å². The lowest BCUT2D eigenvalue weighted by Gasteiger charge is -2.06. The van der Waals surface area contributed by atoms with Crippen molar-refractivity contribution in [2.45, 2.75) is 6.92 Å². The Kier molecular flexibility index (Phi) is 4.68. The Labute approximate surface area is 124 Å². The van der Waals surface area contributed by atoms with E-state index in [-0.39, 0.29) is 11.3 Å². The Hall–Kier alpha value is -2.67. The predicted octanol–water partition coefficient (Wildman–Crippen LogP) is 3.42. The number of amides is 1. The molecule has 0 saturated carbocycles. The second-order valence-electron chi connectivity index (χ2n) is 4.01. The number of nitrogens with one attached hydrogen (secondary N) is 1. The van der Waals surface area contributed by atoms with E-state index in [1.54, 1.807) is 19.1 Å². The van der Waals surface area contributed by atoms with Gasteiger partial charge in [0.1, 0.15) is 0 Å². The SMILES string of the molecule is C/C(=N/OC(=O)Nc1ccccc1C(=O)O)c1cccs1. The highest BCUT2D eigenvalue weighted by atomic mass is 32.1. The zero-order valence-electron chi connectivity index (χ0n) is 11.1. The molecular formula is C14H12N2O4S. The number of rotatable bonds is 4. The van der Waals surface area contributed by atoms with Crippen LogP contribution in [-0.4, -0.2) is 22.9 Å². The fraction of sp³-hybridized carbons (Fsp3) is 0.0714. The number of hydrogen-bond donors (Lipinski definition) is 2. The van der Waals surface area contributed by atoms with Crippen LogP contribution >= 0.6 is 11.3 Å². The van der Waals surface area contributed by atoms with E-state index in [1.807, 2.05) is 17.5 Å². The maximum absolute atomic E-state index is 11.6. The van der Waals surface area contributed by atoms with Gasteiger partial charge in [0.25, 0.3) is 0 Å². The van der Waals surface area contributed by atoms with Gasteiger partial charge < -0.3 is 5.11 Å². The lowest BCUT2D eigenvalue weighted by Crippen LogP contribution is -2.14. The molecule has 2 N–H and O–H groups in total. The molecule has 1 aromatic carbocycles. The first-order chi connectivity index (χ1) is 10.1. The number of oxime groups is 1. The molecule has 0 unspecified atom stereocenters. The summed E-state index contributed by atoms with van der Waals surface area (Å²) in [4.78, 5) is 28.2. The van der Waals surface area contributed by atoms with E-state index in [2.05, 4.69) is 10.5 Å². The number of benzene rings is 1. The lowest BCUT2D eigenvalue weighted by molar-refractivity contribution is 0.0698. The number of carbonyl (C=O) groups excluding carboxylic acids is 1. The Morgan fingerprint density at radius 2 is 2.00 bits per heavy atom. The molecule has 0 saturated heterocycles. The molecule has 1 aromatic heterocycles. The molecule has 0 fully saturated rings. The summed E-state index contributed by atoms with van der Waals surface area (Å²) in [5, 5.41) is 16.9. The Morgan fingerprint density at radius 3 is 2.67 bits per heavy atom. The van der Waals surface area contributed by atoms with Crippen LogP contribution in [0.3, 0.4) is 0 Å². The third-order valence-electron chi connectivity index (χ3n) is 2.54. The van der Waals surface area contributed by atoms with Crippen LogP contribution in [0.15, 0.2) is 46.9 Å². The topological polar surface area (TPSA) is 88.0 Å². The van der Waals surface area contributed by atoms with Crippen LogP contribution in [0.1, 0.15) is 22.2 Å². The minimum absolute atomic E-state index is 0.0200. The Balaban J connectivity index is 2.03. The summed E-state index contributed by atoms with van der Waals surface area (Å²) in [7, 11) is 0. The predicted molar refractivity (Wildman–Crippen MR) is 80.0 cm³/mol. The summed E-state index contributed by atoms with van der Waals surface area (Å²) in [5.74, 6) is -1.14. The largest absolute Gasteiger partial charge is 0.478 e. The number of carbonyl (C=O) groups is 2. The summed E-state index contributed by atoms with van der Waals surface area (Å²) in [6, 6.07) is 9.76. The Bertz CT molecular complexity index is 680. The molecule has 1 heterocycles. The second-order valence-corrected chi connectivity index (χ2v) is 4.96. The van der Waals surface area contributed by atoms with Crippen LogP contribution in [0.2, 0.25) is 0 Å². The van der Waals surface area contributed by atoms with Gasteiger partial charge in [0.15, 0.2) is 0 Å². The first-order valence-electron chi connectivity index (χ1n) is 5.96. The number of nitrogens with zero attached hydrogens (tertiary/aromatic N) is 1. The van der Waals surface area contributed by atoms with Crippen molar-refractivity contribution in [1.29, 1.82) is 0 Å². The van der Waals surface area contributed by atoms with Crippen molar-refractivity contribution in [2.24, 2.45) is 5.16 Å². The summed E-state index contributed by atoms with van der Waals surface area (Å²) in [6.07, 6.45) is -0.848. The van der Waals surface area contributed by atoms with Crippen molar-refractivity contribution in [3.05, 3.63) is 52.2 Å². The van der Waals surface area contributed by atoms with Gasteiger partial charge in [-0.3, -0.25) is 10.2 Å². The molecule has 0 spiro atoms. The third-order valence-corrected chi connectivity index (χ3v) is 3.52. The van der Waals surface area contributed by atoms with E-state index >= 15 is 0 Å². The fourth-order valence-electron chi connectivity index (χ4n) is 1.55. The van der Waals surface area contributed by atoms with Crippen molar-refractivity contribution >= 4 is 34.8 Å². The molecule has 0 aliphatic carbocycles. The quantitative estimate of drug-likeness (QED) is 0.514. The van der Waals surface area contributed by atoms with Gasteiger partial charge in [0.05, 0.1) is 21.8 Å². The number of aromatic carboxylic acids is 1. The first kappa shape index (κ1) is 14.7. The van der Waals surface area contributed by atoms with Crippen LogP contribution in [0.5, 0.6) is 0 Å². The van der Waals surface area contributed by atoms with Crippen molar-refractivity contribution in [3.63, 3.8) is 0 Å². The molecule has 2 rings (SSSR count). The third kappa shape index (κ3) is 3.90. The zero-order chi connectivity index (χ0) is 15.2. The van der Waals surface area contributed by atoms with Gasteiger partial charge in [-0.1, -0.05) is 23.4 Å². The highest BCUT2D eigenvalue weighted by molar-refractivity contribution is 7.12. The molecule has 7 heteroatoms. The molecule has 0 atom stereocenters. The summed E-state index contributed by atoms with van der Waals surface area (Å²) in [5.41, 5.74) is 0.694. The van der Waals surface area contributed by atoms with Gasteiger partial charge in [-0.05, 0) is 30.5 Å². The number of hydrogen-bond acceptors (Lipinski definition) is 5. The highest BCUT2D eigenvalue weighted by Gasteiger charge is 2.12. The molecular weight excluding hydrogens is 292 g/mol. The molecule has 6 nitrogen and oxygen atoms in total. The van der Waals surface area contributed by atoms with Crippen LogP contribution in [0.4, 0.5) is 10.5 Å². The van der Waals surface area contributed by atoms with Gasteiger partial charge >= 0.3 is 12.1 Å². The van der Waals surface area contributed by atoms with Gasteiger partial charge in [0.2, 0.25) is 0 Å². The average molecular weight is 304 g/mol. The standard InChI is InChI=1S/C14H12N2O4S/c1-9(12-7-4-8-21-12)16-20-14(19)15-11-6-3-2-5-10(11)13(17)18/h2-8H,1H3,(H,15,19)(H,17,18)/b16-9-. The van der Waals surface area contributed by atoms with E-state index in [0.29, 0.717) is 5.71 Å². The average Bonchev–Trinajstić information content (AvgIpc) is 2.99. The number of anilines is 1. The molecule has 0 aliphatic rings. The van der Waals surface area contributed by atoms with Crippen LogP contribution < -0.4 is 5.32 Å². The molecule has 2 aromatic rings. The number of thiophene rings is 1. The van der Waals surface area contributed by atoms with Crippen molar-refractivity contribution in [3.8, 4) is 0 Å². The maximum Gasteiger partial charge on any atom is 0.437 e. The minimum Gasteiger partial charge on any atom is -0.478 e. The summed E-state index contributed by atoms with van der Waals surface area (Å²) >= 11 is 1.47.